The fourth-order valence-electron chi connectivity index (χ4n) is 4.02. The van der Waals surface area contributed by atoms with E-state index in [2.05, 4.69) is 17.1 Å². The van der Waals surface area contributed by atoms with Gasteiger partial charge in [-0.05, 0) is 49.3 Å². The number of nitrogens with two attached hydrogens (primary N) is 1. The van der Waals surface area contributed by atoms with E-state index in [1.807, 2.05) is 12.1 Å². The number of carbonyl (C=O) groups excluding carboxylic acids is 1. The number of rotatable bonds is 4. The lowest BCUT2D eigenvalue weighted by Gasteiger charge is -2.26. The molecule has 3 rings (SSSR count). The van der Waals surface area contributed by atoms with Crippen LogP contribution in [0.15, 0.2) is 29.3 Å². The van der Waals surface area contributed by atoms with Crippen molar-refractivity contribution >= 4 is 11.9 Å². The number of carbonyl (C=O) groups is 1. The Bertz CT molecular complexity index is 602. The Morgan fingerprint density at radius 1 is 1.25 bits per heavy atom. The first-order chi connectivity index (χ1) is 11.6. The maximum absolute atomic E-state index is 11.1. The van der Waals surface area contributed by atoms with Crippen LogP contribution >= 0.6 is 0 Å². The van der Waals surface area contributed by atoms with Crippen LogP contribution in [0.5, 0.6) is 0 Å². The number of nitrogens with one attached hydrogen (secondary N) is 1. The van der Waals surface area contributed by atoms with E-state index in [0.29, 0.717) is 17.5 Å². The highest BCUT2D eigenvalue weighted by Gasteiger charge is 2.41. The molecule has 2 fully saturated rings. The third kappa shape index (κ3) is 3.71. The van der Waals surface area contributed by atoms with Crippen LogP contribution in [0.4, 0.5) is 0 Å². The lowest BCUT2D eigenvalue weighted by Crippen LogP contribution is -2.41. The summed E-state index contributed by atoms with van der Waals surface area (Å²) in [6, 6.07) is 7.39. The summed E-state index contributed by atoms with van der Waals surface area (Å²) >= 11 is 0. The SMILES string of the molecule is CCNC(=NCc1ccc(C(N)=O)cc1)N1CCC2(CCCC2)C1. The van der Waals surface area contributed by atoms with E-state index in [1.54, 1.807) is 12.1 Å². The summed E-state index contributed by atoms with van der Waals surface area (Å²) < 4.78 is 0. The fourth-order valence-corrected chi connectivity index (χ4v) is 4.02. The lowest BCUT2D eigenvalue weighted by molar-refractivity contribution is 0.100. The highest BCUT2D eigenvalue weighted by Crippen LogP contribution is 2.45. The molecule has 0 atom stereocenters. The van der Waals surface area contributed by atoms with Crippen LogP contribution in [-0.2, 0) is 6.54 Å². The second-order valence-corrected chi connectivity index (χ2v) is 7.11. The smallest absolute Gasteiger partial charge is 0.248 e. The van der Waals surface area contributed by atoms with Crippen LogP contribution in [0, 0.1) is 5.41 Å². The number of likely N-dealkylation sites (tertiary alicyclic amines) is 1. The standard InChI is InChI=1S/C19H28N4O/c1-2-21-18(23-12-11-19(14-23)9-3-4-10-19)22-13-15-5-7-16(8-6-15)17(20)24/h5-8H,2-4,9-14H2,1H3,(H2,20,24)(H,21,22). The zero-order valence-electron chi connectivity index (χ0n) is 14.6. The van der Waals surface area contributed by atoms with E-state index in [-0.39, 0.29) is 0 Å². The molecule has 1 saturated carbocycles. The molecule has 0 radical (unpaired) electrons. The van der Waals surface area contributed by atoms with E-state index in [4.69, 9.17) is 10.7 Å². The van der Waals surface area contributed by atoms with Gasteiger partial charge in [0.1, 0.15) is 0 Å². The average molecular weight is 328 g/mol. The molecule has 1 spiro atoms. The first-order valence-corrected chi connectivity index (χ1v) is 9.04. The van der Waals surface area contributed by atoms with Crippen molar-refractivity contribution in [2.75, 3.05) is 19.6 Å². The number of nitrogens with zero attached hydrogens (tertiary/aromatic N) is 2. The van der Waals surface area contributed by atoms with Gasteiger partial charge >= 0.3 is 0 Å². The fraction of sp³-hybridized carbons (Fsp3) is 0.579. The molecule has 5 heteroatoms. The molecule has 5 nitrogen and oxygen atoms in total. The van der Waals surface area contributed by atoms with Crippen LogP contribution in [0.25, 0.3) is 0 Å². The molecule has 1 aliphatic heterocycles. The summed E-state index contributed by atoms with van der Waals surface area (Å²) in [6.45, 7) is 5.85. The van der Waals surface area contributed by atoms with Gasteiger partial charge in [0.05, 0.1) is 6.54 Å². The molecular weight excluding hydrogens is 300 g/mol. The summed E-state index contributed by atoms with van der Waals surface area (Å²) in [4.78, 5) is 18.4. The van der Waals surface area contributed by atoms with Gasteiger partial charge in [0.2, 0.25) is 5.91 Å². The van der Waals surface area contributed by atoms with Crippen LogP contribution in [0.1, 0.15) is 54.9 Å². The van der Waals surface area contributed by atoms with Gasteiger partial charge in [-0.3, -0.25) is 4.79 Å². The van der Waals surface area contributed by atoms with E-state index in [0.717, 1.165) is 31.2 Å². The van der Waals surface area contributed by atoms with Gasteiger partial charge in [-0.15, -0.1) is 0 Å². The van der Waals surface area contributed by atoms with Crippen molar-refractivity contribution < 1.29 is 4.79 Å². The van der Waals surface area contributed by atoms with Gasteiger partial charge in [0.25, 0.3) is 0 Å². The Kier molecular flexibility index (Phi) is 5.07. The van der Waals surface area contributed by atoms with E-state index in [1.165, 1.54) is 32.1 Å². The molecule has 1 aromatic carbocycles. The van der Waals surface area contributed by atoms with Gasteiger partial charge in [0.15, 0.2) is 5.96 Å². The molecule has 130 valence electrons. The number of benzene rings is 1. The number of primary amides is 1. The quantitative estimate of drug-likeness (QED) is 0.659. The minimum Gasteiger partial charge on any atom is -0.366 e. The Balaban J connectivity index is 1.66. The average Bonchev–Trinajstić information content (AvgIpc) is 3.22. The Hall–Kier alpha value is -2.04. The maximum Gasteiger partial charge on any atom is 0.248 e. The van der Waals surface area contributed by atoms with Crippen molar-refractivity contribution in [1.82, 2.24) is 10.2 Å². The molecule has 3 N–H and O–H groups in total. The van der Waals surface area contributed by atoms with Gasteiger partial charge in [-0.1, -0.05) is 25.0 Å². The summed E-state index contributed by atoms with van der Waals surface area (Å²) in [5.74, 6) is 0.623. The summed E-state index contributed by atoms with van der Waals surface area (Å²) in [7, 11) is 0. The monoisotopic (exact) mass is 328 g/mol. The van der Waals surface area contributed by atoms with E-state index < -0.39 is 5.91 Å². The van der Waals surface area contributed by atoms with Crippen molar-refractivity contribution in [1.29, 1.82) is 0 Å². The van der Waals surface area contributed by atoms with Crippen LogP contribution < -0.4 is 11.1 Å². The maximum atomic E-state index is 11.1. The number of amides is 1. The first kappa shape index (κ1) is 16.8. The van der Waals surface area contributed by atoms with Crippen LogP contribution in [-0.4, -0.2) is 36.4 Å². The molecule has 24 heavy (non-hydrogen) atoms. The molecule has 0 bridgehead atoms. The molecule has 0 aromatic heterocycles. The number of guanidine groups is 1. The topological polar surface area (TPSA) is 70.7 Å². The zero-order valence-corrected chi connectivity index (χ0v) is 14.6. The molecule has 1 amide bonds. The van der Waals surface area contributed by atoms with E-state index in [9.17, 15) is 4.79 Å². The van der Waals surface area contributed by atoms with Crippen molar-refractivity contribution in [3.63, 3.8) is 0 Å². The predicted octanol–water partition coefficient (Wildman–Crippen LogP) is 2.52. The van der Waals surface area contributed by atoms with Gasteiger partial charge in [-0.2, -0.15) is 0 Å². The molecule has 1 aromatic rings. The van der Waals surface area contributed by atoms with E-state index >= 15 is 0 Å². The Labute approximate surface area is 144 Å². The predicted molar refractivity (Wildman–Crippen MR) is 96.9 cm³/mol. The van der Waals surface area contributed by atoms with Crippen LogP contribution in [0.3, 0.4) is 0 Å². The second-order valence-electron chi connectivity index (χ2n) is 7.11. The van der Waals surface area contributed by atoms with Gasteiger partial charge < -0.3 is 16.0 Å². The van der Waals surface area contributed by atoms with Crippen LogP contribution in [0.2, 0.25) is 0 Å². The van der Waals surface area contributed by atoms with Crippen molar-refractivity contribution in [2.45, 2.75) is 45.6 Å². The lowest BCUT2D eigenvalue weighted by atomic mass is 9.86. The molecule has 1 heterocycles. The largest absolute Gasteiger partial charge is 0.366 e. The summed E-state index contributed by atoms with van der Waals surface area (Å²) in [6.07, 6.45) is 6.81. The minimum atomic E-state index is -0.391. The Morgan fingerprint density at radius 2 is 1.96 bits per heavy atom. The summed E-state index contributed by atoms with van der Waals surface area (Å²) in [5.41, 5.74) is 7.45. The third-order valence-electron chi connectivity index (χ3n) is 5.39. The molecule has 0 unspecified atom stereocenters. The molecule has 2 aliphatic rings. The summed E-state index contributed by atoms with van der Waals surface area (Å²) in [5, 5.41) is 3.43. The van der Waals surface area contributed by atoms with Gasteiger partial charge in [-0.25, -0.2) is 4.99 Å². The van der Waals surface area contributed by atoms with Crippen molar-refractivity contribution in [3.8, 4) is 0 Å². The molecular formula is C19H28N4O. The van der Waals surface area contributed by atoms with Crippen molar-refractivity contribution in [3.05, 3.63) is 35.4 Å². The molecule has 1 saturated heterocycles. The Morgan fingerprint density at radius 3 is 2.58 bits per heavy atom. The second kappa shape index (κ2) is 7.24. The highest BCUT2D eigenvalue weighted by molar-refractivity contribution is 5.92. The van der Waals surface area contributed by atoms with Gasteiger partial charge in [0, 0.05) is 25.2 Å². The zero-order chi connectivity index (χ0) is 17.0. The number of hydrogen-bond donors (Lipinski definition) is 2. The molecule has 1 aliphatic carbocycles. The first-order valence-electron chi connectivity index (χ1n) is 9.04. The van der Waals surface area contributed by atoms with Crippen molar-refractivity contribution in [2.24, 2.45) is 16.1 Å². The third-order valence-corrected chi connectivity index (χ3v) is 5.39. The minimum absolute atomic E-state index is 0.391. The number of aliphatic imine (C=N–C) groups is 1. The highest BCUT2D eigenvalue weighted by atomic mass is 16.1. The normalized spacial score (nSPS) is 19.9. The number of hydrogen-bond acceptors (Lipinski definition) is 2.